The molecule has 0 spiro atoms. The van der Waals surface area contributed by atoms with Gasteiger partial charge in [-0.05, 0) is 25.1 Å². The summed E-state index contributed by atoms with van der Waals surface area (Å²) in [6.45, 7) is 1.65. The minimum absolute atomic E-state index is 0.0191. The number of halogens is 2. The molecule has 0 bridgehead atoms. The number of nitrogens with zero attached hydrogens (tertiary/aromatic N) is 1. The van der Waals surface area contributed by atoms with Gasteiger partial charge in [0.25, 0.3) is 5.91 Å². The number of hydrogen-bond acceptors (Lipinski definition) is 3. The van der Waals surface area contributed by atoms with Crippen molar-refractivity contribution < 1.29 is 14.4 Å². The average molecular weight is 274 g/mol. The highest BCUT2D eigenvalue weighted by Crippen LogP contribution is 2.15. The lowest BCUT2D eigenvalue weighted by atomic mass is 10.1. The lowest BCUT2D eigenvalue weighted by Gasteiger charge is -2.13. The Labute approximate surface area is 108 Å². The quantitative estimate of drug-likeness (QED) is 0.338. The van der Waals surface area contributed by atoms with Crippen molar-refractivity contribution in [3.63, 3.8) is 0 Å². The summed E-state index contributed by atoms with van der Waals surface area (Å²) >= 11 is 5.69. The van der Waals surface area contributed by atoms with Crippen LogP contribution in [0.2, 0.25) is 5.02 Å². The molecular weight excluding hydrogens is 261 g/mol. The SMILES string of the molecule is CC(CC(N)=NO)NC(=O)c1cc(Cl)ccc1F. The van der Waals surface area contributed by atoms with Gasteiger partial charge in [0.2, 0.25) is 0 Å². The summed E-state index contributed by atoms with van der Waals surface area (Å²) in [6, 6.07) is 3.31. The molecule has 1 atom stereocenters. The van der Waals surface area contributed by atoms with Crippen LogP contribution in [0.5, 0.6) is 0 Å². The lowest BCUT2D eigenvalue weighted by molar-refractivity contribution is 0.0937. The number of rotatable bonds is 4. The molecule has 1 aromatic carbocycles. The fraction of sp³-hybridized carbons (Fsp3) is 0.273. The number of nitrogens with two attached hydrogens (primary N) is 1. The van der Waals surface area contributed by atoms with Gasteiger partial charge in [-0.3, -0.25) is 4.79 Å². The Kier molecular flexibility index (Phi) is 4.91. The monoisotopic (exact) mass is 273 g/mol. The van der Waals surface area contributed by atoms with Crippen molar-refractivity contribution in [3.05, 3.63) is 34.6 Å². The first-order valence-corrected chi connectivity index (χ1v) is 5.54. The van der Waals surface area contributed by atoms with Crippen molar-refractivity contribution in [2.24, 2.45) is 10.9 Å². The standard InChI is InChI=1S/C11H13ClFN3O2/c1-6(4-10(14)16-18)15-11(17)8-5-7(12)2-3-9(8)13/h2-3,5-6,18H,4H2,1H3,(H2,14,16)(H,15,17). The fourth-order valence-electron chi connectivity index (χ4n) is 1.38. The van der Waals surface area contributed by atoms with Crippen molar-refractivity contribution in [1.29, 1.82) is 0 Å². The number of amidine groups is 1. The Morgan fingerprint density at radius 2 is 2.33 bits per heavy atom. The number of oxime groups is 1. The maximum Gasteiger partial charge on any atom is 0.254 e. The van der Waals surface area contributed by atoms with Gasteiger partial charge in [0.15, 0.2) is 0 Å². The summed E-state index contributed by atoms with van der Waals surface area (Å²) in [5.41, 5.74) is 5.15. The van der Waals surface area contributed by atoms with Crippen LogP contribution < -0.4 is 11.1 Å². The summed E-state index contributed by atoms with van der Waals surface area (Å²) in [7, 11) is 0. The first kappa shape index (κ1) is 14.2. The van der Waals surface area contributed by atoms with Crippen molar-refractivity contribution in [1.82, 2.24) is 5.32 Å². The molecule has 1 aromatic rings. The molecule has 98 valence electrons. The predicted octanol–water partition coefficient (Wildman–Crippen LogP) is 1.73. The van der Waals surface area contributed by atoms with Gasteiger partial charge >= 0.3 is 0 Å². The molecular formula is C11H13ClFN3O2. The molecule has 18 heavy (non-hydrogen) atoms. The van der Waals surface area contributed by atoms with Crippen LogP contribution in [0.3, 0.4) is 0 Å². The second-order valence-electron chi connectivity index (χ2n) is 3.79. The second-order valence-corrected chi connectivity index (χ2v) is 4.23. The highest BCUT2D eigenvalue weighted by Gasteiger charge is 2.15. The zero-order valence-electron chi connectivity index (χ0n) is 9.65. The van der Waals surface area contributed by atoms with Gasteiger partial charge in [-0.2, -0.15) is 0 Å². The number of carbonyl (C=O) groups excluding carboxylic acids is 1. The molecule has 1 unspecified atom stereocenters. The van der Waals surface area contributed by atoms with Crippen LogP contribution in [0.25, 0.3) is 0 Å². The minimum atomic E-state index is -0.659. The summed E-state index contributed by atoms with van der Waals surface area (Å²) < 4.78 is 13.4. The third kappa shape index (κ3) is 3.89. The van der Waals surface area contributed by atoms with Crippen molar-refractivity contribution >= 4 is 23.3 Å². The van der Waals surface area contributed by atoms with Gasteiger partial charge in [0.1, 0.15) is 11.7 Å². The van der Waals surface area contributed by atoms with Crippen LogP contribution in [0.4, 0.5) is 4.39 Å². The number of carbonyl (C=O) groups is 1. The Hall–Kier alpha value is -1.82. The van der Waals surface area contributed by atoms with E-state index in [1.165, 1.54) is 12.1 Å². The molecule has 0 aromatic heterocycles. The van der Waals surface area contributed by atoms with Crippen molar-refractivity contribution in [2.45, 2.75) is 19.4 Å². The second kappa shape index (κ2) is 6.20. The largest absolute Gasteiger partial charge is 0.409 e. The zero-order valence-corrected chi connectivity index (χ0v) is 10.4. The van der Waals surface area contributed by atoms with Crippen LogP contribution in [-0.2, 0) is 0 Å². The van der Waals surface area contributed by atoms with Crippen LogP contribution in [-0.4, -0.2) is 23.0 Å². The van der Waals surface area contributed by atoms with E-state index >= 15 is 0 Å². The van der Waals surface area contributed by atoms with Gasteiger partial charge in [0.05, 0.1) is 5.56 Å². The first-order chi connectivity index (χ1) is 8.43. The van der Waals surface area contributed by atoms with Crippen LogP contribution in [0, 0.1) is 5.82 Å². The number of amides is 1. The van der Waals surface area contributed by atoms with Crippen LogP contribution >= 0.6 is 11.6 Å². The maximum absolute atomic E-state index is 13.4. The fourth-order valence-corrected chi connectivity index (χ4v) is 1.55. The molecule has 0 aliphatic rings. The van der Waals surface area contributed by atoms with Crippen molar-refractivity contribution in [3.8, 4) is 0 Å². The minimum Gasteiger partial charge on any atom is -0.409 e. The lowest BCUT2D eigenvalue weighted by Crippen LogP contribution is -2.36. The first-order valence-electron chi connectivity index (χ1n) is 5.16. The Bertz CT molecular complexity index is 479. The molecule has 0 saturated heterocycles. The molecule has 7 heteroatoms. The molecule has 4 N–H and O–H groups in total. The smallest absolute Gasteiger partial charge is 0.254 e. The molecule has 0 aliphatic heterocycles. The van der Waals surface area contributed by atoms with E-state index < -0.39 is 17.8 Å². The zero-order chi connectivity index (χ0) is 13.7. The van der Waals surface area contributed by atoms with Gasteiger partial charge in [-0.1, -0.05) is 16.8 Å². The predicted molar refractivity (Wildman–Crippen MR) is 66.4 cm³/mol. The highest BCUT2D eigenvalue weighted by atomic mass is 35.5. The van der Waals surface area contributed by atoms with E-state index in [-0.39, 0.29) is 22.8 Å². The van der Waals surface area contributed by atoms with Gasteiger partial charge in [0, 0.05) is 17.5 Å². The maximum atomic E-state index is 13.4. The topological polar surface area (TPSA) is 87.7 Å². The van der Waals surface area contributed by atoms with Gasteiger partial charge in [-0.25, -0.2) is 4.39 Å². The molecule has 0 fully saturated rings. The normalized spacial score (nSPS) is 13.2. The molecule has 1 amide bonds. The molecule has 0 aliphatic carbocycles. The van der Waals surface area contributed by atoms with Crippen LogP contribution in [0.1, 0.15) is 23.7 Å². The van der Waals surface area contributed by atoms with Gasteiger partial charge < -0.3 is 16.3 Å². The average Bonchev–Trinajstić information content (AvgIpc) is 2.31. The third-order valence-corrected chi connectivity index (χ3v) is 2.43. The summed E-state index contributed by atoms with van der Waals surface area (Å²) in [5, 5.41) is 14.0. The van der Waals surface area contributed by atoms with E-state index in [4.69, 9.17) is 22.5 Å². The van der Waals surface area contributed by atoms with Crippen molar-refractivity contribution in [2.75, 3.05) is 0 Å². The van der Waals surface area contributed by atoms with E-state index in [0.717, 1.165) is 6.07 Å². The van der Waals surface area contributed by atoms with E-state index in [0.29, 0.717) is 0 Å². The number of hydrogen-bond donors (Lipinski definition) is 3. The third-order valence-electron chi connectivity index (χ3n) is 2.19. The molecule has 0 radical (unpaired) electrons. The Morgan fingerprint density at radius 1 is 1.67 bits per heavy atom. The van der Waals surface area contributed by atoms with E-state index in [1.807, 2.05) is 0 Å². The Morgan fingerprint density at radius 3 is 2.94 bits per heavy atom. The summed E-state index contributed by atoms with van der Waals surface area (Å²) in [6.07, 6.45) is 0.157. The van der Waals surface area contributed by atoms with Crippen LogP contribution in [0.15, 0.2) is 23.4 Å². The molecule has 0 saturated carbocycles. The Balaban J connectivity index is 2.73. The molecule has 0 heterocycles. The summed E-state index contributed by atoms with van der Waals surface area (Å²) in [5.74, 6) is -1.28. The molecule has 1 rings (SSSR count). The van der Waals surface area contributed by atoms with E-state index in [2.05, 4.69) is 10.5 Å². The summed E-state index contributed by atoms with van der Waals surface area (Å²) in [4.78, 5) is 11.7. The number of benzene rings is 1. The highest BCUT2D eigenvalue weighted by molar-refractivity contribution is 6.31. The van der Waals surface area contributed by atoms with E-state index in [9.17, 15) is 9.18 Å². The van der Waals surface area contributed by atoms with E-state index in [1.54, 1.807) is 6.92 Å². The number of nitrogens with one attached hydrogen (secondary N) is 1. The van der Waals surface area contributed by atoms with Gasteiger partial charge in [-0.15, -0.1) is 0 Å². The molecule has 5 nitrogen and oxygen atoms in total.